The van der Waals surface area contributed by atoms with Gasteiger partial charge in [0, 0.05) is 38.0 Å². The number of hydrogen-bond donors (Lipinski definition) is 0. The predicted octanol–water partition coefficient (Wildman–Crippen LogP) is 4.24. The number of hydrogen-bond acceptors (Lipinski definition) is 6. The summed E-state index contributed by atoms with van der Waals surface area (Å²) in [6.45, 7) is 8.96. The Hall–Kier alpha value is -2.52. The zero-order valence-corrected chi connectivity index (χ0v) is 21.8. The zero-order valence-electron chi connectivity index (χ0n) is 20.2. The monoisotopic (exact) mass is 523 g/mol. The van der Waals surface area contributed by atoms with Gasteiger partial charge in [0.25, 0.3) is 5.56 Å². The average molecular weight is 524 g/mol. The van der Waals surface area contributed by atoms with Gasteiger partial charge in [-0.2, -0.15) is 0 Å². The van der Waals surface area contributed by atoms with Crippen LogP contribution < -0.4 is 10.5 Å². The minimum absolute atomic E-state index is 0. The van der Waals surface area contributed by atoms with Crippen LogP contribution in [0.2, 0.25) is 0 Å². The van der Waals surface area contributed by atoms with Crippen molar-refractivity contribution in [3.63, 3.8) is 0 Å². The van der Waals surface area contributed by atoms with E-state index < -0.39 is 5.82 Å². The minimum atomic E-state index is -0.506. The topological polar surface area (TPSA) is 63.5 Å². The van der Waals surface area contributed by atoms with Crippen molar-refractivity contribution in [3.8, 4) is 11.3 Å². The first-order chi connectivity index (χ1) is 16.0. The number of nitrogens with zero attached hydrogens (tertiary/aromatic N) is 5. The van der Waals surface area contributed by atoms with E-state index in [2.05, 4.69) is 53.0 Å². The van der Waals surface area contributed by atoms with Crippen molar-refractivity contribution in [2.24, 2.45) is 7.05 Å². The summed E-state index contributed by atoms with van der Waals surface area (Å²) in [6.07, 6.45) is 2.48. The molecule has 3 aromatic rings. The number of pyridine rings is 1. The van der Waals surface area contributed by atoms with Crippen LogP contribution in [0, 0.1) is 5.82 Å². The first-order valence-corrected chi connectivity index (χ1v) is 11.4. The SMILES string of the molecule is CCN(CC)Cc1ccc([C@H]2CN(c3nc(-c4ccncc4F)cc(=O)n3C)CCO2)cc1.Cl.Cl. The number of ether oxygens (including phenoxy) is 1. The molecule has 0 radical (unpaired) electrons. The van der Waals surface area contributed by atoms with Gasteiger partial charge >= 0.3 is 0 Å². The highest BCUT2D eigenvalue weighted by atomic mass is 35.5. The number of halogens is 3. The van der Waals surface area contributed by atoms with E-state index in [1.54, 1.807) is 7.05 Å². The fourth-order valence-electron chi connectivity index (χ4n) is 4.11. The lowest BCUT2D eigenvalue weighted by Crippen LogP contribution is -2.41. The highest BCUT2D eigenvalue weighted by molar-refractivity contribution is 5.85. The molecule has 190 valence electrons. The molecule has 35 heavy (non-hydrogen) atoms. The fourth-order valence-corrected chi connectivity index (χ4v) is 4.11. The molecule has 0 spiro atoms. The van der Waals surface area contributed by atoms with Crippen LogP contribution >= 0.6 is 24.8 Å². The van der Waals surface area contributed by atoms with E-state index in [9.17, 15) is 9.18 Å². The van der Waals surface area contributed by atoms with Gasteiger partial charge in [0.2, 0.25) is 5.95 Å². The summed E-state index contributed by atoms with van der Waals surface area (Å²) < 4.78 is 21.8. The van der Waals surface area contributed by atoms with Crippen LogP contribution in [-0.4, -0.2) is 52.2 Å². The maximum atomic E-state index is 14.3. The van der Waals surface area contributed by atoms with Crippen molar-refractivity contribution in [1.29, 1.82) is 0 Å². The largest absolute Gasteiger partial charge is 0.370 e. The molecule has 0 aliphatic carbocycles. The van der Waals surface area contributed by atoms with Crippen LogP contribution in [0.15, 0.2) is 53.6 Å². The lowest BCUT2D eigenvalue weighted by molar-refractivity contribution is 0.0389. The summed E-state index contributed by atoms with van der Waals surface area (Å²) in [6, 6.07) is 11.4. The molecular weight excluding hydrogens is 492 g/mol. The number of rotatable bonds is 7. The highest BCUT2D eigenvalue weighted by Gasteiger charge is 2.25. The summed E-state index contributed by atoms with van der Waals surface area (Å²) in [4.78, 5) is 25.5. The molecule has 10 heteroatoms. The molecule has 0 N–H and O–H groups in total. The molecule has 2 aromatic heterocycles. The summed E-state index contributed by atoms with van der Waals surface area (Å²) in [5, 5.41) is 0. The predicted molar refractivity (Wildman–Crippen MR) is 141 cm³/mol. The Labute approximate surface area is 217 Å². The molecule has 4 rings (SSSR count). The summed E-state index contributed by atoms with van der Waals surface area (Å²) in [5.41, 5.74) is 2.68. The second-order valence-electron chi connectivity index (χ2n) is 8.20. The number of benzene rings is 1. The van der Waals surface area contributed by atoms with Crippen molar-refractivity contribution in [3.05, 3.63) is 76.1 Å². The number of aromatic nitrogens is 3. The maximum absolute atomic E-state index is 14.3. The second-order valence-corrected chi connectivity index (χ2v) is 8.20. The molecule has 1 saturated heterocycles. The third-order valence-electron chi connectivity index (χ3n) is 6.16. The second kappa shape index (κ2) is 13.0. The van der Waals surface area contributed by atoms with Gasteiger partial charge in [0.15, 0.2) is 5.82 Å². The molecule has 0 bridgehead atoms. The highest BCUT2D eigenvalue weighted by Crippen LogP contribution is 2.27. The van der Waals surface area contributed by atoms with E-state index in [4.69, 9.17) is 4.74 Å². The first-order valence-electron chi connectivity index (χ1n) is 11.4. The zero-order chi connectivity index (χ0) is 23.4. The van der Waals surface area contributed by atoms with Crippen LogP contribution in [0.4, 0.5) is 10.3 Å². The summed E-state index contributed by atoms with van der Waals surface area (Å²) >= 11 is 0. The average Bonchev–Trinajstić information content (AvgIpc) is 2.85. The Balaban J connectivity index is 0.00000216. The van der Waals surface area contributed by atoms with Gasteiger partial charge in [-0.3, -0.25) is 19.2 Å². The van der Waals surface area contributed by atoms with Gasteiger partial charge in [0.05, 0.1) is 25.0 Å². The van der Waals surface area contributed by atoms with Gasteiger partial charge in [-0.25, -0.2) is 9.37 Å². The van der Waals surface area contributed by atoms with Gasteiger partial charge in [-0.05, 0) is 30.3 Å². The minimum Gasteiger partial charge on any atom is -0.370 e. The Kier molecular flexibility index (Phi) is 10.6. The Morgan fingerprint density at radius 2 is 1.86 bits per heavy atom. The molecule has 1 aliphatic heterocycles. The quantitative estimate of drug-likeness (QED) is 0.461. The van der Waals surface area contributed by atoms with E-state index in [1.807, 2.05) is 4.90 Å². The summed E-state index contributed by atoms with van der Waals surface area (Å²) in [5.74, 6) is -0.00553. The van der Waals surface area contributed by atoms with Crippen LogP contribution in [-0.2, 0) is 18.3 Å². The fraction of sp³-hybridized carbons (Fsp3) is 0.400. The van der Waals surface area contributed by atoms with E-state index in [1.165, 1.54) is 28.5 Å². The molecule has 0 unspecified atom stereocenters. The normalized spacial score (nSPS) is 15.5. The first kappa shape index (κ1) is 28.7. The Morgan fingerprint density at radius 3 is 2.51 bits per heavy atom. The molecule has 0 amide bonds. The standard InChI is InChI=1S/C25H30FN5O2.2ClH/c1-4-30(5-2)16-18-6-8-19(9-7-18)23-17-31(12-13-33-23)25-28-22(14-24(32)29(25)3)20-10-11-27-15-21(20)26;;/h6-11,14-15,23H,4-5,12-13,16-17H2,1-3H3;2*1H/t23-;;/m1../s1. The van der Waals surface area contributed by atoms with Crippen molar-refractivity contribution in [2.45, 2.75) is 26.5 Å². The number of anilines is 1. The van der Waals surface area contributed by atoms with Gasteiger partial charge < -0.3 is 9.64 Å². The third kappa shape index (κ3) is 6.58. The summed E-state index contributed by atoms with van der Waals surface area (Å²) in [7, 11) is 1.68. The lowest BCUT2D eigenvalue weighted by Gasteiger charge is -2.34. The van der Waals surface area contributed by atoms with Crippen molar-refractivity contribution in [2.75, 3.05) is 37.7 Å². The molecule has 1 atom stereocenters. The molecule has 3 heterocycles. The van der Waals surface area contributed by atoms with Crippen LogP contribution in [0.3, 0.4) is 0 Å². The van der Waals surface area contributed by atoms with Crippen molar-refractivity contribution in [1.82, 2.24) is 19.4 Å². The number of morpholine rings is 1. The van der Waals surface area contributed by atoms with Crippen molar-refractivity contribution >= 4 is 30.8 Å². The van der Waals surface area contributed by atoms with E-state index in [-0.39, 0.29) is 42.0 Å². The Bertz CT molecular complexity index is 1160. The van der Waals surface area contributed by atoms with Gasteiger partial charge in [0.1, 0.15) is 6.10 Å². The van der Waals surface area contributed by atoms with Gasteiger partial charge in [-0.1, -0.05) is 38.1 Å². The Morgan fingerprint density at radius 1 is 1.14 bits per heavy atom. The van der Waals surface area contributed by atoms with Crippen LogP contribution in [0.1, 0.15) is 31.1 Å². The van der Waals surface area contributed by atoms with Crippen LogP contribution in [0.25, 0.3) is 11.3 Å². The molecule has 7 nitrogen and oxygen atoms in total. The van der Waals surface area contributed by atoms with E-state index >= 15 is 0 Å². The van der Waals surface area contributed by atoms with E-state index in [0.717, 1.165) is 31.4 Å². The van der Waals surface area contributed by atoms with Crippen LogP contribution in [0.5, 0.6) is 0 Å². The smallest absolute Gasteiger partial charge is 0.255 e. The molecule has 1 aliphatic rings. The molecular formula is C25H32Cl2FN5O2. The molecule has 1 fully saturated rings. The lowest BCUT2D eigenvalue weighted by atomic mass is 10.1. The van der Waals surface area contributed by atoms with Gasteiger partial charge in [-0.15, -0.1) is 24.8 Å². The van der Waals surface area contributed by atoms with E-state index in [0.29, 0.717) is 31.3 Å². The van der Waals surface area contributed by atoms with Crippen molar-refractivity contribution < 1.29 is 9.13 Å². The third-order valence-corrected chi connectivity index (χ3v) is 6.16. The maximum Gasteiger partial charge on any atom is 0.255 e. The molecule has 0 saturated carbocycles. The molecule has 1 aromatic carbocycles.